The lowest BCUT2D eigenvalue weighted by Gasteiger charge is -2.30. The Kier molecular flexibility index (Phi) is 5.39. The number of carbonyl (C=O) groups is 2. The summed E-state index contributed by atoms with van der Waals surface area (Å²) in [6.07, 6.45) is 3.06. The first-order chi connectivity index (χ1) is 12.9. The van der Waals surface area contributed by atoms with Gasteiger partial charge in [-0.3, -0.25) is 9.59 Å². The predicted octanol–water partition coefficient (Wildman–Crippen LogP) is 1.86. The second-order valence-electron chi connectivity index (χ2n) is 7.14. The number of nitrogens with zero attached hydrogens (tertiary/aromatic N) is 4. The van der Waals surface area contributed by atoms with Gasteiger partial charge in [-0.05, 0) is 31.9 Å². The number of anilines is 1. The first-order valence-electron chi connectivity index (χ1n) is 9.07. The topological polar surface area (TPSA) is 92.4 Å². The molecule has 1 aliphatic heterocycles. The van der Waals surface area contributed by atoms with Crippen LogP contribution in [0.5, 0.6) is 0 Å². The Morgan fingerprint density at radius 2 is 1.78 bits per heavy atom. The van der Waals surface area contributed by atoms with E-state index < -0.39 is 0 Å². The highest BCUT2D eigenvalue weighted by atomic mass is 16.2. The number of carbonyl (C=O) groups excluding carboxylic acids is 2. The third kappa shape index (κ3) is 4.07. The van der Waals surface area contributed by atoms with Gasteiger partial charge < -0.3 is 15.5 Å². The lowest BCUT2D eigenvalue weighted by atomic mass is 9.96. The number of likely N-dealkylation sites (tertiary alicyclic amines) is 1. The molecule has 1 saturated heterocycles. The van der Waals surface area contributed by atoms with Gasteiger partial charge >= 0.3 is 0 Å². The molecule has 1 fully saturated rings. The van der Waals surface area contributed by atoms with Crippen molar-refractivity contribution in [3.63, 3.8) is 0 Å². The molecule has 0 bridgehead atoms. The highest BCUT2D eigenvalue weighted by molar-refractivity contribution is 5.94. The van der Waals surface area contributed by atoms with Crippen molar-refractivity contribution in [1.29, 1.82) is 0 Å². The van der Waals surface area contributed by atoms with Crippen molar-refractivity contribution in [3.8, 4) is 11.4 Å². The van der Waals surface area contributed by atoms with Gasteiger partial charge in [-0.15, -0.1) is 0 Å². The minimum absolute atomic E-state index is 0.0247. The van der Waals surface area contributed by atoms with Gasteiger partial charge in [-0.1, -0.05) is 12.1 Å². The van der Waals surface area contributed by atoms with Gasteiger partial charge in [0.15, 0.2) is 5.82 Å². The summed E-state index contributed by atoms with van der Waals surface area (Å²) in [5, 5.41) is 0. The van der Waals surface area contributed by atoms with Crippen molar-refractivity contribution >= 4 is 17.6 Å². The Labute approximate surface area is 159 Å². The van der Waals surface area contributed by atoms with Crippen LogP contribution in [0.1, 0.15) is 28.8 Å². The zero-order chi connectivity index (χ0) is 19.6. The quantitative estimate of drug-likeness (QED) is 0.890. The van der Waals surface area contributed by atoms with Crippen LogP contribution in [0.2, 0.25) is 0 Å². The number of aromatic nitrogens is 2. The molecular weight excluding hydrogens is 342 g/mol. The molecule has 2 N–H and O–H groups in total. The van der Waals surface area contributed by atoms with Crippen molar-refractivity contribution in [3.05, 3.63) is 41.6 Å². The molecule has 7 heteroatoms. The number of amides is 2. The first-order valence-corrected chi connectivity index (χ1v) is 9.07. The van der Waals surface area contributed by atoms with Crippen molar-refractivity contribution in [2.24, 2.45) is 11.7 Å². The zero-order valence-corrected chi connectivity index (χ0v) is 16.0. The van der Waals surface area contributed by atoms with Gasteiger partial charge in [-0.25, -0.2) is 9.97 Å². The second kappa shape index (κ2) is 7.73. The average molecular weight is 367 g/mol. The summed E-state index contributed by atoms with van der Waals surface area (Å²) in [6.45, 7) is 3.09. The molecule has 0 atom stereocenters. The van der Waals surface area contributed by atoms with Gasteiger partial charge in [0.05, 0.1) is 0 Å². The van der Waals surface area contributed by atoms with Crippen LogP contribution in [0, 0.1) is 12.8 Å². The standard InChI is InChI=1S/C20H25N5O2/c1-13-12-22-18(23-19(13)24(2)3)15-4-6-16(7-5-15)20(27)25-10-8-14(9-11-25)17(21)26/h4-7,12,14H,8-11H2,1-3H3,(H2,21,26). The number of nitrogens with two attached hydrogens (primary N) is 1. The van der Waals surface area contributed by atoms with E-state index in [-0.39, 0.29) is 17.7 Å². The number of hydrogen-bond acceptors (Lipinski definition) is 5. The van der Waals surface area contributed by atoms with Crippen LogP contribution >= 0.6 is 0 Å². The molecule has 0 spiro atoms. The Hall–Kier alpha value is -2.96. The van der Waals surface area contributed by atoms with Crippen LogP contribution in [-0.2, 0) is 4.79 Å². The molecule has 142 valence electrons. The lowest BCUT2D eigenvalue weighted by molar-refractivity contribution is -0.123. The SMILES string of the molecule is Cc1cnc(-c2ccc(C(=O)N3CCC(C(N)=O)CC3)cc2)nc1N(C)C. The lowest BCUT2D eigenvalue weighted by Crippen LogP contribution is -2.41. The molecule has 1 aromatic carbocycles. The van der Waals surface area contributed by atoms with Crippen LogP contribution < -0.4 is 10.6 Å². The molecule has 0 aliphatic carbocycles. The van der Waals surface area contributed by atoms with Gasteiger partial charge in [0.25, 0.3) is 5.91 Å². The molecule has 2 aromatic rings. The molecule has 7 nitrogen and oxygen atoms in total. The molecule has 0 unspecified atom stereocenters. The number of rotatable bonds is 4. The molecule has 2 amide bonds. The van der Waals surface area contributed by atoms with E-state index in [1.54, 1.807) is 23.2 Å². The van der Waals surface area contributed by atoms with Crippen LogP contribution in [0.15, 0.2) is 30.5 Å². The Bertz CT molecular complexity index is 840. The van der Waals surface area contributed by atoms with E-state index in [1.807, 2.05) is 38.1 Å². The minimum Gasteiger partial charge on any atom is -0.369 e. The van der Waals surface area contributed by atoms with Gasteiger partial charge in [-0.2, -0.15) is 0 Å². The highest BCUT2D eigenvalue weighted by Gasteiger charge is 2.26. The summed E-state index contributed by atoms with van der Waals surface area (Å²) in [7, 11) is 3.89. The number of aryl methyl sites for hydroxylation is 1. The molecule has 2 heterocycles. The van der Waals surface area contributed by atoms with Crippen LogP contribution in [-0.4, -0.2) is 53.9 Å². The Morgan fingerprint density at radius 1 is 1.15 bits per heavy atom. The Balaban J connectivity index is 1.73. The van der Waals surface area contributed by atoms with Gasteiger partial charge in [0, 0.05) is 56.0 Å². The summed E-state index contributed by atoms with van der Waals surface area (Å²) in [4.78, 5) is 36.7. The maximum Gasteiger partial charge on any atom is 0.253 e. The fourth-order valence-electron chi connectivity index (χ4n) is 3.34. The largest absolute Gasteiger partial charge is 0.369 e. The number of primary amides is 1. The van der Waals surface area contributed by atoms with Gasteiger partial charge in [0.2, 0.25) is 5.91 Å². The summed E-state index contributed by atoms with van der Waals surface area (Å²) in [5.74, 6) is 1.08. The molecule has 27 heavy (non-hydrogen) atoms. The van der Waals surface area contributed by atoms with E-state index in [1.165, 1.54) is 0 Å². The molecule has 1 aromatic heterocycles. The average Bonchev–Trinajstić information content (AvgIpc) is 2.68. The van der Waals surface area contributed by atoms with E-state index in [9.17, 15) is 9.59 Å². The summed E-state index contributed by atoms with van der Waals surface area (Å²) < 4.78 is 0. The van der Waals surface area contributed by atoms with Crippen molar-refractivity contribution in [1.82, 2.24) is 14.9 Å². The third-order valence-electron chi connectivity index (χ3n) is 4.94. The molecule has 0 saturated carbocycles. The number of benzene rings is 1. The van der Waals surface area contributed by atoms with Crippen molar-refractivity contribution in [2.45, 2.75) is 19.8 Å². The van der Waals surface area contributed by atoms with E-state index >= 15 is 0 Å². The molecular formula is C20H25N5O2. The molecule has 3 rings (SSSR count). The van der Waals surface area contributed by atoms with Crippen LogP contribution in [0.3, 0.4) is 0 Å². The summed E-state index contributed by atoms with van der Waals surface area (Å²) in [6, 6.07) is 7.34. The van der Waals surface area contributed by atoms with E-state index in [0.29, 0.717) is 37.3 Å². The van der Waals surface area contributed by atoms with E-state index in [0.717, 1.165) is 16.9 Å². The maximum atomic E-state index is 12.7. The predicted molar refractivity (Wildman–Crippen MR) is 104 cm³/mol. The fourth-order valence-corrected chi connectivity index (χ4v) is 3.34. The van der Waals surface area contributed by atoms with E-state index in [4.69, 9.17) is 5.73 Å². The van der Waals surface area contributed by atoms with Crippen LogP contribution in [0.25, 0.3) is 11.4 Å². The van der Waals surface area contributed by atoms with Crippen molar-refractivity contribution < 1.29 is 9.59 Å². The molecule has 0 radical (unpaired) electrons. The van der Waals surface area contributed by atoms with E-state index in [2.05, 4.69) is 9.97 Å². The normalized spacial score (nSPS) is 14.9. The summed E-state index contributed by atoms with van der Waals surface area (Å²) >= 11 is 0. The summed E-state index contributed by atoms with van der Waals surface area (Å²) in [5.41, 5.74) is 7.85. The van der Waals surface area contributed by atoms with Gasteiger partial charge in [0.1, 0.15) is 5.82 Å². The smallest absolute Gasteiger partial charge is 0.253 e. The molecule has 1 aliphatic rings. The second-order valence-corrected chi connectivity index (χ2v) is 7.14. The third-order valence-corrected chi connectivity index (χ3v) is 4.94. The van der Waals surface area contributed by atoms with Crippen molar-refractivity contribution in [2.75, 3.05) is 32.1 Å². The number of piperidine rings is 1. The maximum absolute atomic E-state index is 12.7. The fraction of sp³-hybridized carbons (Fsp3) is 0.400. The first kappa shape index (κ1) is 18.8. The highest BCUT2D eigenvalue weighted by Crippen LogP contribution is 2.22. The zero-order valence-electron chi connectivity index (χ0n) is 16.0. The minimum atomic E-state index is -0.276. The Morgan fingerprint density at radius 3 is 2.33 bits per heavy atom. The monoisotopic (exact) mass is 367 g/mol. The van der Waals surface area contributed by atoms with Crippen LogP contribution in [0.4, 0.5) is 5.82 Å². The number of hydrogen-bond donors (Lipinski definition) is 1.